The fourth-order valence-corrected chi connectivity index (χ4v) is 2.06. The number of nitrogen functional groups attached to an aromatic ring is 1. The van der Waals surface area contributed by atoms with Gasteiger partial charge in [-0.15, -0.1) is 0 Å². The van der Waals surface area contributed by atoms with Crippen molar-refractivity contribution in [1.29, 1.82) is 0 Å². The maximum atomic E-state index is 12.1. The molecule has 2 rings (SSSR count). The molecule has 2 unspecified atom stereocenters. The number of amides is 1. The first kappa shape index (κ1) is 14.2. The number of nitrogens with two attached hydrogens (primary N) is 1. The van der Waals surface area contributed by atoms with E-state index in [2.05, 4.69) is 5.43 Å². The van der Waals surface area contributed by atoms with Crippen LogP contribution in [0.1, 0.15) is 10.4 Å². The van der Waals surface area contributed by atoms with Crippen molar-refractivity contribution >= 4 is 17.3 Å². The van der Waals surface area contributed by atoms with Gasteiger partial charge in [0.1, 0.15) is 5.69 Å². The molecule has 5 N–H and O–H groups in total. The van der Waals surface area contributed by atoms with Crippen molar-refractivity contribution in [3.05, 3.63) is 33.9 Å². The third-order valence-electron chi connectivity index (χ3n) is 3.14. The Hall–Kier alpha value is -2.23. The van der Waals surface area contributed by atoms with Crippen molar-refractivity contribution in [2.24, 2.45) is 5.84 Å². The van der Waals surface area contributed by atoms with Gasteiger partial charge in [-0.1, -0.05) is 0 Å². The molecule has 108 valence electrons. The molecule has 1 fully saturated rings. The van der Waals surface area contributed by atoms with Gasteiger partial charge in [0, 0.05) is 24.7 Å². The zero-order chi connectivity index (χ0) is 14.9. The summed E-state index contributed by atoms with van der Waals surface area (Å²) in [5.41, 5.74) is 2.04. The summed E-state index contributed by atoms with van der Waals surface area (Å²) in [6.45, 7) is -0.0185. The van der Waals surface area contributed by atoms with Crippen LogP contribution in [0.25, 0.3) is 0 Å². The van der Waals surface area contributed by atoms with Crippen LogP contribution in [0.3, 0.4) is 0 Å². The molecule has 9 heteroatoms. The summed E-state index contributed by atoms with van der Waals surface area (Å²) in [6, 6.07) is 3.82. The summed E-state index contributed by atoms with van der Waals surface area (Å²) >= 11 is 0. The summed E-state index contributed by atoms with van der Waals surface area (Å²) in [4.78, 5) is 23.6. The number of anilines is 1. The number of aliphatic hydroxyl groups is 2. The Balaban J connectivity index is 2.27. The molecule has 1 aromatic carbocycles. The van der Waals surface area contributed by atoms with Crippen LogP contribution >= 0.6 is 0 Å². The van der Waals surface area contributed by atoms with Gasteiger partial charge in [0.15, 0.2) is 0 Å². The predicted molar refractivity (Wildman–Crippen MR) is 68.8 cm³/mol. The van der Waals surface area contributed by atoms with E-state index in [1.54, 1.807) is 0 Å². The number of hydrazine groups is 1. The second-order valence-corrected chi connectivity index (χ2v) is 4.48. The van der Waals surface area contributed by atoms with E-state index in [0.29, 0.717) is 0 Å². The van der Waals surface area contributed by atoms with Crippen molar-refractivity contribution < 1.29 is 19.9 Å². The van der Waals surface area contributed by atoms with Gasteiger partial charge in [0.25, 0.3) is 11.6 Å². The highest BCUT2D eigenvalue weighted by atomic mass is 16.6. The average molecular weight is 282 g/mol. The smallest absolute Gasteiger partial charge is 0.294 e. The molecule has 1 aliphatic heterocycles. The lowest BCUT2D eigenvalue weighted by Gasteiger charge is -2.15. The molecular weight excluding hydrogens is 268 g/mol. The predicted octanol–water partition coefficient (Wildman–Crippen LogP) is -0.942. The van der Waals surface area contributed by atoms with Gasteiger partial charge in [0.2, 0.25) is 0 Å². The van der Waals surface area contributed by atoms with Gasteiger partial charge in [-0.3, -0.25) is 20.8 Å². The summed E-state index contributed by atoms with van der Waals surface area (Å²) < 4.78 is 0. The molecular formula is C11H14N4O5. The minimum Gasteiger partial charge on any atom is -0.388 e. The molecule has 1 aliphatic rings. The van der Waals surface area contributed by atoms with Crippen LogP contribution in [0.2, 0.25) is 0 Å². The molecule has 1 amide bonds. The van der Waals surface area contributed by atoms with Crippen LogP contribution in [0, 0.1) is 10.1 Å². The Kier molecular flexibility index (Phi) is 3.84. The van der Waals surface area contributed by atoms with Crippen LogP contribution in [-0.2, 0) is 0 Å². The van der Waals surface area contributed by atoms with Crippen molar-refractivity contribution in [2.45, 2.75) is 12.2 Å². The minimum absolute atomic E-state index is 0.00924. The fraction of sp³-hybridized carbons (Fsp3) is 0.364. The molecule has 0 aromatic heterocycles. The number of likely N-dealkylation sites (tertiary alicyclic amines) is 1. The van der Waals surface area contributed by atoms with Gasteiger partial charge in [0.05, 0.1) is 17.1 Å². The number of nitrogens with zero attached hydrogens (tertiary/aromatic N) is 2. The Bertz CT molecular complexity index is 540. The van der Waals surface area contributed by atoms with Crippen LogP contribution in [-0.4, -0.2) is 51.2 Å². The Labute approximate surface area is 113 Å². The van der Waals surface area contributed by atoms with Crippen molar-refractivity contribution in [1.82, 2.24) is 4.90 Å². The Morgan fingerprint density at radius 2 is 2.00 bits per heavy atom. The van der Waals surface area contributed by atoms with Crippen LogP contribution in [0.5, 0.6) is 0 Å². The number of hydrogen-bond donors (Lipinski definition) is 4. The van der Waals surface area contributed by atoms with E-state index >= 15 is 0 Å². The van der Waals surface area contributed by atoms with Gasteiger partial charge in [-0.2, -0.15) is 0 Å². The van der Waals surface area contributed by atoms with Crippen LogP contribution in [0.15, 0.2) is 18.2 Å². The second kappa shape index (κ2) is 5.41. The molecule has 0 bridgehead atoms. The Morgan fingerprint density at radius 1 is 1.40 bits per heavy atom. The lowest BCUT2D eigenvalue weighted by molar-refractivity contribution is -0.384. The van der Waals surface area contributed by atoms with E-state index in [9.17, 15) is 25.1 Å². The Morgan fingerprint density at radius 3 is 2.50 bits per heavy atom. The van der Waals surface area contributed by atoms with Crippen molar-refractivity contribution in [2.75, 3.05) is 18.5 Å². The number of β-amino-alcohol motifs (C(OH)–C–C–N with tert-alkyl or cyclic N) is 2. The van der Waals surface area contributed by atoms with Gasteiger partial charge >= 0.3 is 0 Å². The molecule has 0 saturated carbocycles. The number of benzene rings is 1. The molecule has 1 heterocycles. The molecule has 0 aliphatic carbocycles. The third kappa shape index (κ3) is 2.54. The number of aliphatic hydroxyl groups excluding tert-OH is 2. The first-order valence-electron chi connectivity index (χ1n) is 5.84. The topological polar surface area (TPSA) is 142 Å². The quantitative estimate of drug-likeness (QED) is 0.318. The molecule has 1 aromatic rings. The van der Waals surface area contributed by atoms with Gasteiger partial charge < -0.3 is 20.5 Å². The normalized spacial score (nSPS) is 21.9. The average Bonchev–Trinajstić information content (AvgIpc) is 2.77. The number of nitrogens with one attached hydrogen (secondary N) is 1. The summed E-state index contributed by atoms with van der Waals surface area (Å²) in [5.74, 6) is 4.66. The molecule has 9 nitrogen and oxygen atoms in total. The minimum atomic E-state index is -1.00. The largest absolute Gasteiger partial charge is 0.388 e. The van der Waals surface area contributed by atoms with E-state index in [4.69, 9.17) is 5.84 Å². The van der Waals surface area contributed by atoms with Crippen LogP contribution < -0.4 is 11.3 Å². The lowest BCUT2D eigenvalue weighted by Crippen LogP contribution is -2.29. The number of carbonyl (C=O) groups excluding carboxylic acids is 1. The standard InChI is InChI=1S/C11H14N4O5/c12-13-7-2-1-6(3-8(7)15(19)20)11(18)14-4-9(16)10(17)5-14/h1-3,9-10,13,16-17H,4-5,12H2. The third-order valence-corrected chi connectivity index (χ3v) is 3.14. The van der Waals surface area contributed by atoms with E-state index in [-0.39, 0.29) is 30.0 Å². The zero-order valence-corrected chi connectivity index (χ0v) is 10.4. The fourth-order valence-electron chi connectivity index (χ4n) is 2.06. The summed E-state index contributed by atoms with van der Waals surface area (Å²) in [6.07, 6.45) is -2.00. The maximum absolute atomic E-state index is 12.1. The molecule has 0 radical (unpaired) electrons. The number of hydrogen-bond acceptors (Lipinski definition) is 7. The van der Waals surface area contributed by atoms with Crippen LogP contribution in [0.4, 0.5) is 11.4 Å². The number of carbonyl (C=O) groups is 1. The highest BCUT2D eigenvalue weighted by Crippen LogP contribution is 2.26. The first-order valence-corrected chi connectivity index (χ1v) is 5.84. The van der Waals surface area contributed by atoms with Crippen molar-refractivity contribution in [3.63, 3.8) is 0 Å². The molecule has 1 saturated heterocycles. The van der Waals surface area contributed by atoms with E-state index in [1.165, 1.54) is 17.0 Å². The number of nitro groups is 1. The molecule has 20 heavy (non-hydrogen) atoms. The van der Waals surface area contributed by atoms with E-state index < -0.39 is 23.0 Å². The molecule has 2 atom stereocenters. The van der Waals surface area contributed by atoms with E-state index in [1.807, 2.05) is 0 Å². The highest BCUT2D eigenvalue weighted by molar-refractivity contribution is 5.96. The summed E-state index contributed by atoms with van der Waals surface area (Å²) in [5, 5.41) is 29.7. The summed E-state index contributed by atoms with van der Waals surface area (Å²) in [7, 11) is 0. The number of rotatable bonds is 3. The first-order chi connectivity index (χ1) is 9.43. The van der Waals surface area contributed by atoms with Crippen molar-refractivity contribution in [3.8, 4) is 0 Å². The van der Waals surface area contributed by atoms with E-state index in [0.717, 1.165) is 6.07 Å². The van der Waals surface area contributed by atoms with Gasteiger partial charge in [-0.05, 0) is 12.1 Å². The molecule has 0 spiro atoms. The number of nitro benzene ring substituents is 1. The SMILES string of the molecule is NNc1ccc(C(=O)N2CC(O)C(O)C2)cc1[N+](=O)[O-]. The lowest BCUT2D eigenvalue weighted by atomic mass is 10.1. The monoisotopic (exact) mass is 282 g/mol. The van der Waals surface area contributed by atoms with Gasteiger partial charge in [-0.25, -0.2) is 0 Å². The zero-order valence-electron chi connectivity index (χ0n) is 10.4. The highest BCUT2D eigenvalue weighted by Gasteiger charge is 2.33. The maximum Gasteiger partial charge on any atom is 0.294 e. The second-order valence-electron chi connectivity index (χ2n) is 4.48.